The van der Waals surface area contributed by atoms with Crippen LogP contribution >= 0.6 is 0 Å². The molecule has 0 spiro atoms. The molecule has 26 heavy (non-hydrogen) atoms. The van der Waals surface area contributed by atoms with Gasteiger partial charge in [0.2, 0.25) is 5.91 Å². The summed E-state index contributed by atoms with van der Waals surface area (Å²) in [5.74, 6) is -1.38. The highest BCUT2D eigenvalue weighted by Gasteiger charge is 2.33. The number of rotatable bonds is 3. The molecular weight excluding hydrogens is 352 g/mol. The normalized spacial score (nSPS) is 17.5. The van der Waals surface area contributed by atoms with Crippen LogP contribution in [0.4, 0.5) is 23.2 Å². The lowest BCUT2D eigenvalue weighted by molar-refractivity contribution is -0.137. The van der Waals surface area contributed by atoms with Crippen LogP contribution in [0.1, 0.15) is 22.3 Å². The van der Waals surface area contributed by atoms with Crippen LogP contribution in [0.15, 0.2) is 48.5 Å². The molecule has 1 heterocycles. The average Bonchev–Trinajstić information content (AvgIpc) is 2.95. The van der Waals surface area contributed by atoms with Crippen molar-refractivity contribution in [1.29, 1.82) is 0 Å². The van der Waals surface area contributed by atoms with Crippen molar-refractivity contribution in [3.8, 4) is 0 Å². The summed E-state index contributed by atoms with van der Waals surface area (Å²) in [6.07, 6.45) is -4.53. The Bertz CT molecular complexity index is 834. The Balaban J connectivity index is 1.69. The summed E-state index contributed by atoms with van der Waals surface area (Å²) in [5, 5.41) is 2.57. The van der Waals surface area contributed by atoms with E-state index in [2.05, 4.69) is 5.32 Å². The molecule has 136 valence electrons. The van der Waals surface area contributed by atoms with Crippen molar-refractivity contribution in [2.75, 3.05) is 11.4 Å². The third kappa shape index (κ3) is 3.84. The summed E-state index contributed by atoms with van der Waals surface area (Å²) >= 11 is 0. The van der Waals surface area contributed by atoms with Crippen LogP contribution < -0.4 is 10.2 Å². The van der Waals surface area contributed by atoms with Gasteiger partial charge in [-0.05, 0) is 42.5 Å². The summed E-state index contributed by atoms with van der Waals surface area (Å²) in [7, 11) is 0. The summed E-state index contributed by atoms with van der Waals surface area (Å²) in [5.41, 5.74) is -0.555. The molecule has 1 N–H and O–H groups in total. The highest BCUT2D eigenvalue weighted by molar-refractivity contribution is 5.99. The number of benzene rings is 2. The summed E-state index contributed by atoms with van der Waals surface area (Å²) in [6, 6.07) is 8.87. The molecule has 0 aromatic heterocycles. The molecule has 1 atom stereocenters. The van der Waals surface area contributed by atoms with Crippen LogP contribution in [0.5, 0.6) is 0 Å². The lowest BCUT2D eigenvalue weighted by Gasteiger charge is -2.17. The molecule has 1 aliphatic rings. The maximum absolute atomic E-state index is 13.0. The molecule has 1 saturated heterocycles. The molecule has 4 nitrogen and oxygen atoms in total. The summed E-state index contributed by atoms with van der Waals surface area (Å²) in [6.45, 7) is 0.162. The Morgan fingerprint density at radius 1 is 1.12 bits per heavy atom. The van der Waals surface area contributed by atoms with Gasteiger partial charge in [-0.2, -0.15) is 13.2 Å². The van der Waals surface area contributed by atoms with Gasteiger partial charge in [0.25, 0.3) is 5.91 Å². The standard InChI is InChI=1S/C18H14F4N2O2/c19-13-4-6-15(7-5-13)24-10-14(9-16(24)25)23-17(26)11-2-1-3-12(8-11)18(20,21)22/h1-8,14H,9-10H2,(H,23,26). The van der Waals surface area contributed by atoms with Crippen LogP contribution in [-0.4, -0.2) is 24.4 Å². The number of alkyl halides is 3. The Morgan fingerprint density at radius 3 is 2.46 bits per heavy atom. The second-order valence-corrected chi connectivity index (χ2v) is 5.93. The van der Waals surface area contributed by atoms with Crippen molar-refractivity contribution in [1.82, 2.24) is 5.32 Å². The van der Waals surface area contributed by atoms with Gasteiger partial charge in [-0.15, -0.1) is 0 Å². The van der Waals surface area contributed by atoms with E-state index in [4.69, 9.17) is 0 Å². The molecule has 0 saturated carbocycles. The van der Waals surface area contributed by atoms with Gasteiger partial charge in [-0.3, -0.25) is 9.59 Å². The first-order chi connectivity index (χ1) is 12.2. The topological polar surface area (TPSA) is 49.4 Å². The minimum absolute atomic E-state index is 0.0160. The van der Waals surface area contributed by atoms with E-state index >= 15 is 0 Å². The number of carbonyl (C=O) groups excluding carboxylic acids is 2. The fraction of sp³-hybridized carbons (Fsp3) is 0.222. The Hall–Kier alpha value is -2.90. The Kier molecular flexibility index (Phi) is 4.67. The number of hydrogen-bond donors (Lipinski definition) is 1. The quantitative estimate of drug-likeness (QED) is 0.847. The zero-order valence-electron chi connectivity index (χ0n) is 13.4. The Labute approximate surface area is 146 Å². The summed E-state index contributed by atoms with van der Waals surface area (Å²) < 4.78 is 51.2. The second-order valence-electron chi connectivity index (χ2n) is 5.93. The molecule has 2 aromatic carbocycles. The van der Waals surface area contributed by atoms with Crippen molar-refractivity contribution in [3.63, 3.8) is 0 Å². The molecule has 0 radical (unpaired) electrons. The third-order valence-electron chi connectivity index (χ3n) is 4.05. The first-order valence-corrected chi connectivity index (χ1v) is 7.78. The van der Waals surface area contributed by atoms with E-state index in [0.717, 1.165) is 18.2 Å². The minimum atomic E-state index is -4.54. The van der Waals surface area contributed by atoms with E-state index in [0.29, 0.717) is 5.69 Å². The molecule has 3 rings (SSSR count). The van der Waals surface area contributed by atoms with Crippen molar-refractivity contribution in [2.45, 2.75) is 18.6 Å². The second kappa shape index (κ2) is 6.78. The fourth-order valence-electron chi connectivity index (χ4n) is 2.78. The molecule has 1 aliphatic heterocycles. The minimum Gasteiger partial charge on any atom is -0.347 e. The van der Waals surface area contributed by atoms with E-state index in [1.54, 1.807) is 0 Å². The van der Waals surface area contributed by atoms with Gasteiger partial charge in [0, 0.05) is 24.2 Å². The summed E-state index contributed by atoms with van der Waals surface area (Å²) in [4.78, 5) is 25.7. The van der Waals surface area contributed by atoms with Crippen LogP contribution in [-0.2, 0) is 11.0 Å². The van der Waals surface area contributed by atoms with Crippen LogP contribution in [0.25, 0.3) is 0 Å². The van der Waals surface area contributed by atoms with E-state index in [1.165, 1.54) is 35.2 Å². The number of anilines is 1. The van der Waals surface area contributed by atoms with Gasteiger partial charge in [0.15, 0.2) is 0 Å². The number of amides is 2. The number of carbonyl (C=O) groups is 2. The van der Waals surface area contributed by atoms with Crippen molar-refractivity contribution < 1.29 is 27.2 Å². The molecule has 0 aliphatic carbocycles. The molecule has 1 fully saturated rings. The zero-order chi connectivity index (χ0) is 18.9. The Morgan fingerprint density at radius 2 is 1.81 bits per heavy atom. The third-order valence-corrected chi connectivity index (χ3v) is 4.05. The molecule has 0 bridgehead atoms. The molecule has 8 heteroatoms. The van der Waals surface area contributed by atoms with Gasteiger partial charge >= 0.3 is 6.18 Å². The van der Waals surface area contributed by atoms with Gasteiger partial charge in [0.05, 0.1) is 11.6 Å². The van der Waals surface area contributed by atoms with Gasteiger partial charge < -0.3 is 10.2 Å². The van der Waals surface area contributed by atoms with E-state index in [1.807, 2.05) is 0 Å². The van der Waals surface area contributed by atoms with Crippen molar-refractivity contribution in [3.05, 3.63) is 65.5 Å². The molecule has 1 unspecified atom stereocenters. The first kappa shape index (κ1) is 17.9. The van der Waals surface area contributed by atoms with E-state index < -0.39 is 29.5 Å². The van der Waals surface area contributed by atoms with Crippen molar-refractivity contribution in [2.24, 2.45) is 0 Å². The molecular formula is C18H14F4N2O2. The maximum Gasteiger partial charge on any atom is 0.416 e. The number of nitrogens with zero attached hydrogens (tertiary/aromatic N) is 1. The lowest BCUT2D eigenvalue weighted by Crippen LogP contribution is -2.37. The highest BCUT2D eigenvalue weighted by atomic mass is 19.4. The van der Waals surface area contributed by atoms with Crippen molar-refractivity contribution >= 4 is 17.5 Å². The predicted molar refractivity (Wildman–Crippen MR) is 86.1 cm³/mol. The highest BCUT2D eigenvalue weighted by Crippen LogP contribution is 2.29. The SMILES string of the molecule is O=C(NC1CC(=O)N(c2ccc(F)cc2)C1)c1cccc(C(F)(F)F)c1. The molecule has 2 amide bonds. The van der Waals surface area contributed by atoms with E-state index in [-0.39, 0.29) is 24.4 Å². The maximum atomic E-state index is 13.0. The number of halogens is 4. The molecule has 2 aromatic rings. The number of hydrogen-bond acceptors (Lipinski definition) is 2. The van der Waals surface area contributed by atoms with Crippen LogP contribution in [0, 0.1) is 5.82 Å². The van der Waals surface area contributed by atoms with E-state index in [9.17, 15) is 27.2 Å². The van der Waals surface area contributed by atoms with Gasteiger partial charge in [-0.1, -0.05) is 6.07 Å². The first-order valence-electron chi connectivity index (χ1n) is 7.78. The lowest BCUT2D eigenvalue weighted by atomic mass is 10.1. The zero-order valence-corrected chi connectivity index (χ0v) is 13.4. The fourth-order valence-corrected chi connectivity index (χ4v) is 2.78. The smallest absolute Gasteiger partial charge is 0.347 e. The van der Waals surface area contributed by atoms with Gasteiger partial charge in [0.1, 0.15) is 5.82 Å². The number of nitrogens with one attached hydrogen (secondary N) is 1. The largest absolute Gasteiger partial charge is 0.416 e. The monoisotopic (exact) mass is 366 g/mol. The predicted octanol–water partition coefficient (Wildman–Crippen LogP) is 3.38. The van der Waals surface area contributed by atoms with Crippen LogP contribution in [0.2, 0.25) is 0 Å². The average molecular weight is 366 g/mol. The van der Waals surface area contributed by atoms with Gasteiger partial charge in [-0.25, -0.2) is 4.39 Å². The van der Waals surface area contributed by atoms with Crippen LogP contribution in [0.3, 0.4) is 0 Å².